The van der Waals surface area contributed by atoms with Gasteiger partial charge in [0, 0.05) is 39.2 Å². The highest BCUT2D eigenvalue weighted by molar-refractivity contribution is 6.93. The molecule has 0 spiro atoms. The molecule has 0 aromatic heterocycles. The average molecular weight is 595 g/mol. The second-order valence-electron chi connectivity index (χ2n) is 13.5. The Hall–Kier alpha value is -5.42. The smallest absolute Gasteiger partial charge is 0.333 e. The van der Waals surface area contributed by atoms with Gasteiger partial charge in [0.1, 0.15) is 11.5 Å². The molecule has 0 radical (unpaired) electrons. The number of para-hydroxylation sites is 5. The Morgan fingerprint density at radius 2 is 1.28 bits per heavy atom. The Morgan fingerprint density at radius 3 is 2.13 bits per heavy atom. The number of rotatable bonds is 1. The molecule has 220 valence electrons. The van der Waals surface area contributed by atoms with Crippen molar-refractivity contribution in [3.63, 3.8) is 0 Å². The van der Waals surface area contributed by atoms with Crippen molar-refractivity contribution in [2.45, 2.75) is 33.1 Å². The van der Waals surface area contributed by atoms with Gasteiger partial charge in [-0.3, -0.25) is 0 Å². The van der Waals surface area contributed by atoms with Crippen molar-refractivity contribution in [3.8, 4) is 34.1 Å². The summed E-state index contributed by atoms with van der Waals surface area (Å²) in [5.41, 5.74) is 15.4. The summed E-state index contributed by atoms with van der Waals surface area (Å²) in [6.45, 7) is 9.00. The van der Waals surface area contributed by atoms with E-state index in [1.807, 2.05) is 6.07 Å². The van der Waals surface area contributed by atoms with Gasteiger partial charge in [0.05, 0.1) is 11.4 Å². The lowest BCUT2D eigenvalue weighted by atomic mass is 9.43. The zero-order chi connectivity index (χ0) is 30.9. The summed E-state index contributed by atoms with van der Waals surface area (Å²) >= 11 is 0. The first-order valence-electron chi connectivity index (χ1n) is 16.1. The van der Waals surface area contributed by atoms with E-state index in [4.69, 9.17) is 9.47 Å². The molecule has 6 aromatic rings. The molecule has 0 saturated heterocycles. The van der Waals surface area contributed by atoms with Crippen molar-refractivity contribution in [1.29, 1.82) is 0 Å². The van der Waals surface area contributed by atoms with Crippen LogP contribution >= 0.6 is 0 Å². The van der Waals surface area contributed by atoms with Crippen LogP contribution < -0.4 is 30.1 Å². The summed E-state index contributed by atoms with van der Waals surface area (Å²) in [7, 11) is 0. The van der Waals surface area contributed by atoms with Crippen LogP contribution in [0, 0.1) is 13.8 Å². The molecule has 0 aliphatic carbocycles. The molecule has 46 heavy (non-hydrogen) atoms. The topological polar surface area (TPSA) is 24.9 Å². The predicted molar refractivity (Wildman–Crippen MR) is 188 cm³/mol. The first-order chi connectivity index (χ1) is 22.4. The number of benzene rings is 6. The van der Waals surface area contributed by atoms with Crippen molar-refractivity contribution in [2.24, 2.45) is 0 Å². The normalized spacial score (nSPS) is 15.3. The highest BCUT2D eigenvalue weighted by Gasteiger charge is 2.48. The molecule has 0 unspecified atom stereocenters. The van der Waals surface area contributed by atoms with E-state index in [0.717, 1.165) is 34.4 Å². The van der Waals surface area contributed by atoms with Gasteiger partial charge in [-0.1, -0.05) is 80.6 Å². The van der Waals surface area contributed by atoms with E-state index in [2.05, 4.69) is 147 Å². The van der Waals surface area contributed by atoms with E-state index in [1.165, 1.54) is 61.4 Å². The highest BCUT2D eigenvalue weighted by Crippen LogP contribution is 2.56. The second-order valence-corrected chi connectivity index (χ2v) is 13.5. The van der Waals surface area contributed by atoms with E-state index in [0.29, 0.717) is 0 Å². The SMILES string of the molecule is Cc1cc2c3c(c1)N1c4ccccc4Oc4cccc(c41)B3N(c1ccccc1C)c1cc3c(cc1-2)Oc1ccccc1C3(C)C. The third kappa shape index (κ3) is 3.25. The molecule has 0 N–H and O–H groups in total. The summed E-state index contributed by atoms with van der Waals surface area (Å²) in [5, 5.41) is 0. The van der Waals surface area contributed by atoms with Gasteiger partial charge in [0.2, 0.25) is 0 Å². The lowest BCUT2D eigenvalue weighted by Crippen LogP contribution is -2.62. The molecule has 4 aliphatic rings. The Balaban J connectivity index is 1.33. The lowest BCUT2D eigenvalue weighted by molar-refractivity contribution is 0.418. The molecule has 0 atom stereocenters. The maximum absolute atomic E-state index is 6.71. The highest BCUT2D eigenvalue weighted by atomic mass is 16.5. The fraction of sp³-hybridized carbons (Fsp3) is 0.122. The van der Waals surface area contributed by atoms with E-state index in [-0.39, 0.29) is 12.3 Å². The van der Waals surface area contributed by atoms with E-state index < -0.39 is 0 Å². The number of aryl methyl sites for hydroxylation is 2. The molecule has 4 aliphatic heterocycles. The third-order valence-corrected chi connectivity index (χ3v) is 10.4. The summed E-state index contributed by atoms with van der Waals surface area (Å²) in [4.78, 5) is 5.01. The minimum absolute atomic E-state index is 0.0581. The van der Waals surface area contributed by atoms with Crippen LogP contribution in [-0.4, -0.2) is 6.85 Å². The van der Waals surface area contributed by atoms with Crippen molar-refractivity contribution in [1.82, 2.24) is 0 Å². The van der Waals surface area contributed by atoms with Gasteiger partial charge in [0.25, 0.3) is 0 Å². The second kappa shape index (κ2) is 8.85. The molecule has 0 bridgehead atoms. The first-order valence-corrected chi connectivity index (χ1v) is 16.1. The van der Waals surface area contributed by atoms with Gasteiger partial charge >= 0.3 is 6.85 Å². The molecule has 0 saturated carbocycles. The maximum atomic E-state index is 6.71. The van der Waals surface area contributed by atoms with Gasteiger partial charge < -0.3 is 19.2 Å². The van der Waals surface area contributed by atoms with Gasteiger partial charge in [-0.15, -0.1) is 0 Å². The van der Waals surface area contributed by atoms with Crippen molar-refractivity contribution in [3.05, 3.63) is 138 Å². The average Bonchev–Trinajstić information content (AvgIpc) is 3.06. The monoisotopic (exact) mass is 594 g/mol. The van der Waals surface area contributed by atoms with Crippen LogP contribution in [0.3, 0.4) is 0 Å². The number of nitrogens with zero attached hydrogens (tertiary/aromatic N) is 2. The molecule has 6 aromatic carbocycles. The molecule has 4 heterocycles. The molecule has 0 fully saturated rings. The van der Waals surface area contributed by atoms with Crippen LogP contribution in [0.15, 0.2) is 115 Å². The van der Waals surface area contributed by atoms with Crippen LogP contribution in [-0.2, 0) is 5.41 Å². The Bertz CT molecular complexity index is 2310. The summed E-state index contributed by atoms with van der Waals surface area (Å²) in [6, 6.07) is 41.6. The number of hydrogen-bond acceptors (Lipinski definition) is 4. The van der Waals surface area contributed by atoms with Crippen LogP contribution in [0.2, 0.25) is 0 Å². The summed E-state index contributed by atoms with van der Waals surface area (Å²) in [6.07, 6.45) is 0. The Morgan fingerprint density at radius 1 is 0.565 bits per heavy atom. The van der Waals surface area contributed by atoms with Crippen LogP contribution in [0.1, 0.15) is 36.1 Å². The van der Waals surface area contributed by atoms with E-state index >= 15 is 0 Å². The van der Waals surface area contributed by atoms with Gasteiger partial charge in [-0.2, -0.15) is 0 Å². The summed E-state index contributed by atoms with van der Waals surface area (Å²) in [5.74, 6) is 3.62. The zero-order valence-electron chi connectivity index (χ0n) is 26.3. The fourth-order valence-electron chi connectivity index (χ4n) is 8.33. The third-order valence-electron chi connectivity index (χ3n) is 10.4. The molecule has 0 amide bonds. The first kappa shape index (κ1) is 25.9. The predicted octanol–water partition coefficient (Wildman–Crippen LogP) is 9.55. The minimum atomic E-state index is -0.235. The molecule has 4 nitrogen and oxygen atoms in total. The minimum Gasteiger partial charge on any atom is -0.457 e. The maximum Gasteiger partial charge on any atom is 0.333 e. The number of ether oxygens (including phenoxy) is 2. The summed E-state index contributed by atoms with van der Waals surface area (Å²) < 4.78 is 13.3. The van der Waals surface area contributed by atoms with Gasteiger partial charge in [0.15, 0.2) is 11.5 Å². The Kier molecular flexibility index (Phi) is 4.98. The fourth-order valence-corrected chi connectivity index (χ4v) is 8.33. The van der Waals surface area contributed by atoms with Crippen molar-refractivity contribution < 1.29 is 9.47 Å². The standard InChI is InChI=1S/C41H31BN2O2/c1-24-20-27-26-22-38-29(41(3,4)28-13-6-9-17-35(28)45-38)23-33(26)44(31-15-7-5-12-25(31)2)42-30-14-11-19-37-40(30)43(34(21-24)39(27)42)32-16-8-10-18-36(32)46-37/h5-23H,1-4H3. The van der Waals surface area contributed by atoms with Crippen molar-refractivity contribution >= 4 is 46.2 Å². The van der Waals surface area contributed by atoms with Crippen molar-refractivity contribution in [2.75, 3.05) is 9.71 Å². The zero-order valence-corrected chi connectivity index (χ0v) is 26.3. The number of fused-ring (bicyclic) bond motifs is 8. The number of anilines is 5. The molecular weight excluding hydrogens is 563 g/mol. The van der Waals surface area contributed by atoms with Crippen LogP contribution in [0.4, 0.5) is 28.4 Å². The lowest BCUT2D eigenvalue weighted by Gasteiger charge is -2.48. The van der Waals surface area contributed by atoms with E-state index in [9.17, 15) is 0 Å². The van der Waals surface area contributed by atoms with Crippen LogP contribution in [0.5, 0.6) is 23.0 Å². The van der Waals surface area contributed by atoms with E-state index in [1.54, 1.807) is 0 Å². The van der Waals surface area contributed by atoms with Gasteiger partial charge in [-0.25, -0.2) is 0 Å². The quantitative estimate of drug-likeness (QED) is 0.177. The van der Waals surface area contributed by atoms with Gasteiger partial charge in [-0.05, 0) is 90.0 Å². The molecule has 10 rings (SSSR count). The molecule has 5 heteroatoms. The molecular formula is C41H31BN2O2. The number of hydrogen-bond donors (Lipinski definition) is 0. The largest absolute Gasteiger partial charge is 0.457 e. The Labute approximate surface area is 269 Å². The van der Waals surface area contributed by atoms with Crippen LogP contribution in [0.25, 0.3) is 11.1 Å².